The zero-order chi connectivity index (χ0) is 14.8. The van der Waals surface area contributed by atoms with Gasteiger partial charge in [0.05, 0.1) is 6.10 Å². The first-order valence-electron chi connectivity index (χ1n) is 5.97. The van der Waals surface area contributed by atoms with Gasteiger partial charge in [0.2, 0.25) is 11.8 Å². The molecule has 0 spiro atoms. The van der Waals surface area contributed by atoms with E-state index < -0.39 is 29.4 Å². The molecule has 20 heavy (non-hydrogen) atoms. The Morgan fingerprint density at radius 2 is 1.65 bits per heavy atom. The molecule has 106 valence electrons. The number of urea groups is 1. The average Bonchev–Trinajstić information content (AvgIpc) is 2.43. The summed E-state index contributed by atoms with van der Waals surface area (Å²) < 4.78 is 0.376. The molecule has 4 amide bonds. The Bertz CT molecular complexity index is 527. The van der Waals surface area contributed by atoms with Crippen molar-refractivity contribution in [1.82, 2.24) is 10.6 Å². The van der Waals surface area contributed by atoms with E-state index in [1.807, 2.05) is 22.6 Å². The second kappa shape index (κ2) is 5.88. The summed E-state index contributed by atoms with van der Waals surface area (Å²) in [5, 5.41) is 14.1. The number of hydrogen-bond donors (Lipinski definition) is 3. The smallest absolute Gasteiger partial charge is 0.328 e. The molecular formula is C13H13IN2O4. The summed E-state index contributed by atoms with van der Waals surface area (Å²) in [5.41, 5.74) is -1.13. The predicted octanol–water partition coefficient (Wildman–Crippen LogP) is 0.476. The third-order valence-electron chi connectivity index (χ3n) is 3.22. The number of aliphatic hydroxyl groups excluding tert-OH is 1. The third kappa shape index (κ3) is 2.55. The molecule has 2 rings (SSSR count). The van der Waals surface area contributed by atoms with Crippen LogP contribution in [0.4, 0.5) is 4.79 Å². The Morgan fingerprint density at radius 1 is 1.10 bits per heavy atom. The normalized spacial score (nSPS) is 19.2. The van der Waals surface area contributed by atoms with Crippen molar-refractivity contribution >= 4 is 40.4 Å². The quantitative estimate of drug-likeness (QED) is 0.397. The number of carbonyl (C=O) groups excluding carboxylic acids is 3. The van der Waals surface area contributed by atoms with Crippen LogP contribution in [0.1, 0.15) is 12.0 Å². The lowest BCUT2D eigenvalue weighted by molar-refractivity contribution is -0.140. The van der Waals surface area contributed by atoms with Crippen LogP contribution in [0.25, 0.3) is 0 Å². The summed E-state index contributed by atoms with van der Waals surface area (Å²) in [7, 11) is 0. The molecule has 0 radical (unpaired) electrons. The van der Waals surface area contributed by atoms with Crippen molar-refractivity contribution in [3.63, 3.8) is 0 Å². The minimum Gasteiger partial charge on any atom is -0.392 e. The lowest BCUT2D eigenvalue weighted by Gasteiger charge is -2.35. The predicted molar refractivity (Wildman–Crippen MR) is 79.3 cm³/mol. The van der Waals surface area contributed by atoms with Gasteiger partial charge < -0.3 is 5.11 Å². The fourth-order valence-electron chi connectivity index (χ4n) is 2.25. The van der Waals surface area contributed by atoms with Crippen molar-refractivity contribution in [2.24, 2.45) is 0 Å². The van der Waals surface area contributed by atoms with Crippen LogP contribution in [0.15, 0.2) is 30.3 Å². The number of nitrogens with one attached hydrogen (secondary N) is 2. The molecule has 1 fully saturated rings. The second-order valence-corrected chi connectivity index (χ2v) is 5.40. The maximum atomic E-state index is 12.3. The van der Waals surface area contributed by atoms with Crippen LogP contribution in [0.2, 0.25) is 0 Å². The number of halogens is 1. The Kier molecular flexibility index (Phi) is 4.39. The second-order valence-electron chi connectivity index (χ2n) is 4.52. The zero-order valence-corrected chi connectivity index (χ0v) is 12.6. The van der Waals surface area contributed by atoms with E-state index in [1.165, 1.54) is 0 Å². The van der Waals surface area contributed by atoms with Crippen molar-refractivity contribution in [3.8, 4) is 0 Å². The fraction of sp³-hybridized carbons (Fsp3) is 0.308. The summed E-state index contributed by atoms with van der Waals surface area (Å²) >= 11 is 1.97. The van der Waals surface area contributed by atoms with E-state index >= 15 is 0 Å². The Labute approximate surface area is 129 Å². The number of imide groups is 2. The van der Waals surface area contributed by atoms with Crippen molar-refractivity contribution in [2.75, 3.05) is 4.43 Å². The zero-order valence-electron chi connectivity index (χ0n) is 10.4. The molecule has 1 aromatic carbocycles. The lowest BCUT2D eigenvalue weighted by Crippen LogP contribution is -2.65. The minimum atomic E-state index is -1.58. The van der Waals surface area contributed by atoms with Crippen molar-refractivity contribution in [1.29, 1.82) is 0 Å². The molecule has 0 aliphatic carbocycles. The van der Waals surface area contributed by atoms with Crippen molar-refractivity contribution in [2.45, 2.75) is 17.9 Å². The van der Waals surface area contributed by atoms with Crippen LogP contribution in [0, 0.1) is 0 Å². The topological polar surface area (TPSA) is 95.5 Å². The Hall–Kier alpha value is -1.48. The highest BCUT2D eigenvalue weighted by Crippen LogP contribution is 2.32. The number of alkyl halides is 1. The summed E-state index contributed by atoms with van der Waals surface area (Å²) in [6.45, 7) is 0. The van der Waals surface area contributed by atoms with Crippen molar-refractivity contribution < 1.29 is 19.5 Å². The van der Waals surface area contributed by atoms with E-state index in [1.54, 1.807) is 30.3 Å². The molecule has 0 saturated carbocycles. The molecule has 1 aliphatic rings. The van der Waals surface area contributed by atoms with E-state index in [0.29, 0.717) is 9.99 Å². The van der Waals surface area contributed by atoms with Gasteiger partial charge in [-0.3, -0.25) is 20.2 Å². The molecule has 3 N–H and O–H groups in total. The average molecular weight is 388 g/mol. The van der Waals surface area contributed by atoms with Gasteiger partial charge in [-0.2, -0.15) is 0 Å². The van der Waals surface area contributed by atoms with Crippen LogP contribution in [-0.2, 0) is 15.0 Å². The minimum absolute atomic E-state index is 0.0785. The monoisotopic (exact) mass is 388 g/mol. The van der Waals surface area contributed by atoms with E-state index in [9.17, 15) is 19.5 Å². The van der Waals surface area contributed by atoms with Crippen LogP contribution < -0.4 is 10.6 Å². The molecule has 1 saturated heterocycles. The molecule has 1 unspecified atom stereocenters. The van der Waals surface area contributed by atoms with Crippen molar-refractivity contribution in [3.05, 3.63) is 35.9 Å². The molecule has 6 nitrogen and oxygen atoms in total. The highest BCUT2D eigenvalue weighted by molar-refractivity contribution is 14.1. The summed E-state index contributed by atoms with van der Waals surface area (Å²) in [6.07, 6.45) is -0.911. The van der Waals surface area contributed by atoms with E-state index in [0.717, 1.165) is 0 Å². The molecule has 0 bridgehead atoms. The first kappa shape index (κ1) is 14.9. The van der Waals surface area contributed by atoms with Gasteiger partial charge in [0.15, 0.2) is 5.41 Å². The van der Waals surface area contributed by atoms with Gasteiger partial charge in [-0.15, -0.1) is 0 Å². The van der Waals surface area contributed by atoms with Gasteiger partial charge in [0.1, 0.15) is 0 Å². The van der Waals surface area contributed by atoms with Gasteiger partial charge in [-0.1, -0.05) is 52.9 Å². The van der Waals surface area contributed by atoms with Gasteiger partial charge in [0, 0.05) is 10.8 Å². The van der Waals surface area contributed by atoms with E-state index in [2.05, 4.69) is 10.6 Å². The summed E-state index contributed by atoms with van der Waals surface area (Å²) in [6, 6.07) is 7.59. The first-order valence-corrected chi connectivity index (χ1v) is 7.49. The van der Waals surface area contributed by atoms with Crippen LogP contribution in [-0.4, -0.2) is 33.5 Å². The van der Waals surface area contributed by atoms with Gasteiger partial charge in [-0.05, 0) is 5.56 Å². The lowest BCUT2D eigenvalue weighted by atomic mass is 9.73. The molecule has 0 aromatic heterocycles. The SMILES string of the molecule is O=C1NC(=O)C(CC(O)CI)(c2ccccc2)C(=O)N1. The third-order valence-corrected chi connectivity index (χ3v) is 4.23. The fourth-order valence-corrected chi connectivity index (χ4v) is 2.56. The maximum Gasteiger partial charge on any atom is 0.328 e. The summed E-state index contributed by atoms with van der Waals surface area (Å²) in [5.74, 6) is -1.41. The van der Waals surface area contributed by atoms with Gasteiger partial charge >= 0.3 is 6.03 Å². The van der Waals surface area contributed by atoms with Gasteiger partial charge in [-0.25, -0.2) is 4.79 Å². The molecular weight excluding hydrogens is 375 g/mol. The van der Waals surface area contributed by atoms with E-state index in [-0.39, 0.29) is 6.42 Å². The molecule has 1 aliphatic heterocycles. The number of aliphatic hydroxyl groups is 1. The molecule has 1 heterocycles. The maximum absolute atomic E-state index is 12.3. The van der Waals surface area contributed by atoms with Crippen LogP contribution in [0.5, 0.6) is 0 Å². The number of barbiturate groups is 1. The molecule has 7 heteroatoms. The van der Waals surface area contributed by atoms with Crippen LogP contribution in [0.3, 0.4) is 0 Å². The molecule has 1 aromatic rings. The number of hydrogen-bond acceptors (Lipinski definition) is 4. The standard InChI is InChI=1S/C13H13IN2O4/c14-7-9(17)6-13(8-4-2-1-3-5-8)10(18)15-12(20)16-11(13)19/h1-5,9,17H,6-7H2,(H2,15,16,18,19,20). The largest absolute Gasteiger partial charge is 0.392 e. The Morgan fingerprint density at radius 3 is 2.15 bits per heavy atom. The van der Waals surface area contributed by atoms with Crippen LogP contribution >= 0.6 is 22.6 Å². The number of benzene rings is 1. The summed E-state index contributed by atoms with van der Waals surface area (Å²) in [4.78, 5) is 35.8. The highest BCUT2D eigenvalue weighted by Gasteiger charge is 2.52. The first-order chi connectivity index (χ1) is 9.50. The Balaban J connectivity index is 2.51. The molecule has 1 atom stereocenters. The van der Waals surface area contributed by atoms with Gasteiger partial charge in [0.25, 0.3) is 0 Å². The number of rotatable bonds is 4. The van der Waals surface area contributed by atoms with E-state index in [4.69, 9.17) is 0 Å². The number of amides is 4. The number of carbonyl (C=O) groups is 3. The highest BCUT2D eigenvalue weighted by atomic mass is 127.